The van der Waals surface area contributed by atoms with Crippen molar-refractivity contribution in [3.05, 3.63) is 53.2 Å². The molecule has 0 N–H and O–H groups in total. The summed E-state index contributed by atoms with van der Waals surface area (Å²) in [5.41, 5.74) is 1.06. The number of aromatic nitrogens is 4. The van der Waals surface area contributed by atoms with Gasteiger partial charge in [-0.15, -0.1) is 0 Å². The van der Waals surface area contributed by atoms with Crippen LogP contribution in [-0.4, -0.2) is 51.9 Å². The topological polar surface area (TPSA) is 91.6 Å². The average Bonchev–Trinajstić information content (AvgIpc) is 2.80. The molecule has 2 aliphatic heterocycles. The van der Waals surface area contributed by atoms with Crippen molar-refractivity contribution in [3.63, 3.8) is 0 Å². The van der Waals surface area contributed by atoms with E-state index >= 15 is 0 Å². The van der Waals surface area contributed by atoms with E-state index in [1.807, 2.05) is 18.2 Å². The van der Waals surface area contributed by atoms with Crippen LogP contribution in [0.4, 0.5) is 5.95 Å². The van der Waals surface area contributed by atoms with Gasteiger partial charge >= 0.3 is 0 Å². The summed E-state index contributed by atoms with van der Waals surface area (Å²) >= 11 is 0. The third-order valence-electron chi connectivity index (χ3n) is 5.66. The molecule has 2 aromatic heterocycles. The SMILES string of the molecule is COc1cccc2c1OCC(CN1c3nc(-c4ccncn4)cc(=O)n3CCC1C)O2. The minimum Gasteiger partial charge on any atom is -0.493 e. The lowest BCUT2D eigenvalue weighted by Gasteiger charge is -2.39. The van der Waals surface area contributed by atoms with Crippen molar-refractivity contribution in [1.29, 1.82) is 0 Å². The fourth-order valence-electron chi connectivity index (χ4n) is 4.02. The molecule has 9 heteroatoms. The molecular weight excluding hydrogens is 398 g/mol. The molecular formula is C22H23N5O4. The quantitative estimate of drug-likeness (QED) is 0.633. The summed E-state index contributed by atoms with van der Waals surface area (Å²) < 4.78 is 19.2. The lowest BCUT2D eigenvalue weighted by molar-refractivity contribution is 0.0895. The summed E-state index contributed by atoms with van der Waals surface area (Å²) in [6, 6.07) is 9.06. The van der Waals surface area contributed by atoms with Gasteiger partial charge in [0, 0.05) is 24.8 Å². The third kappa shape index (κ3) is 3.56. The van der Waals surface area contributed by atoms with Gasteiger partial charge in [-0.2, -0.15) is 0 Å². The zero-order valence-electron chi connectivity index (χ0n) is 17.4. The van der Waals surface area contributed by atoms with Crippen LogP contribution in [0, 0.1) is 0 Å². The van der Waals surface area contributed by atoms with Gasteiger partial charge in [-0.1, -0.05) is 6.07 Å². The summed E-state index contributed by atoms with van der Waals surface area (Å²) in [5.74, 6) is 2.55. The molecule has 4 heterocycles. The normalized spacial score (nSPS) is 19.6. The molecule has 2 aliphatic rings. The Morgan fingerprint density at radius 2 is 2.16 bits per heavy atom. The monoisotopic (exact) mass is 421 g/mol. The molecule has 0 saturated heterocycles. The maximum absolute atomic E-state index is 12.8. The number of hydrogen-bond donors (Lipinski definition) is 0. The Morgan fingerprint density at radius 1 is 1.26 bits per heavy atom. The summed E-state index contributed by atoms with van der Waals surface area (Å²) in [7, 11) is 1.61. The lowest BCUT2D eigenvalue weighted by Crippen LogP contribution is -2.50. The second-order valence-corrected chi connectivity index (χ2v) is 7.65. The zero-order chi connectivity index (χ0) is 21.4. The second kappa shape index (κ2) is 7.90. The van der Waals surface area contributed by atoms with Crippen molar-refractivity contribution in [2.24, 2.45) is 0 Å². The van der Waals surface area contributed by atoms with E-state index in [0.29, 0.717) is 54.3 Å². The van der Waals surface area contributed by atoms with Crippen molar-refractivity contribution in [1.82, 2.24) is 19.5 Å². The average molecular weight is 421 g/mol. The lowest BCUT2D eigenvalue weighted by atomic mass is 10.1. The Bertz CT molecular complexity index is 1150. The van der Waals surface area contributed by atoms with Crippen molar-refractivity contribution in [3.8, 4) is 28.6 Å². The van der Waals surface area contributed by atoms with E-state index < -0.39 is 0 Å². The van der Waals surface area contributed by atoms with Crippen LogP contribution in [-0.2, 0) is 6.54 Å². The van der Waals surface area contributed by atoms with Crippen LogP contribution in [0.15, 0.2) is 47.7 Å². The van der Waals surface area contributed by atoms with Gasteiger partial charge in [0.1, 0.15) is 12.9 Å². The molecule has 0 amide bonds. The molecule has 5 rings (SSSR count). The molecule has 9 nitrogen and oxygen atoms in total. The number of methoxy groups -OCH3 is 1. The number of fused-ring (bicyclic) bond motifs is 2. The van der Waals surface area contributed by atoms with Crippen LogP contribution in [0.25, 0.3) is 11.4 Å². The van der Waals surface area contributed by atoms with Gasteiger partial charge in [0.25, 0.3) is 5.56 Å². The number of ether oxygens (including phenoxy) is 3. The minimum atomic E-state index is -0.215. The van der Waals surface area contributed by atoms with Gasteiger partial charge in [0.15, 0.2) is 17.6 Å². The molecule has 2 unspecified atom stereocenters. The number of rotatable bonds is 4. The highest BCUT2D eigenvalue weighted by molar-refractivity contribution is 5.56. The Kier molecular flexibility index (Phi) is 4.93. The second-order valence-electron chi connectivity index (χ2n) is 7.65. The maximum Gasteiger partial charge on any atom is 0.255 e. The first kappa shape index (κ1) is 19.3. The van der Waals surface area contributed by atoms with Crippen LogP contribution in [0.3, 0.4) is 0 Å². The molecule has 2 atom stereocenters. The van der Waals surface area contributed by atoms with Gasteiger partial charge in [0.05, 0.1) is 25.0 Å². The van der Waals surface area contributed by atoms with Gasteiger partial charge in [0.2, 0.25) is 11.7 Å². The van der Waals surface area contributed by atoms with Crippen molar-refractivity contribution in [2.45, 2.75) is 32.0 Å². The summed E-state index contributed by atoms with van der Waals surface area (Å²) in [5, 5.41) is 0. The van der Waals surface area contributed by atoms with Crippen molar-refractivity contribution >= 4 is 5.95 Å². The Balaban J connectivity index is 1.46. The fourth-order valence-corrected chi connectivity index (χ4v) is 4.02. The summed E-state index contributed by atoms with van der Waals surface area (Å²) in [6.45, 7) is 3.68. The molecule has 0 radical (unpaired) electrons. The van der Waals surface area contributed by atoms with Crippen LogP contribution < -0.4 is 24.7 Å². The van der Waals surface area contributed by atoms with E-state index in [-0.39, 0.29) is 17.7 Å². The molecule has 1 aromatic carbocycles. The van der Waals surface area contributed by atoms with Gasteiger partial charge in [-0.25, -0.2) is 15.0 Å². The number of para-hydroxylation sites is 1. The number of anilines is 1. The summed E-state index contributed by atoms with van der Waals surface area (Å²) in [4.78, 5) is 27.9. The number of nitrogens with zero attached hydrogens (tertiary/aromatic N) is 5. The maximum atomic E-state index is 12.8. The molecule has 0 bridgehead atoms. The molecule has 31 heavy (non-hydrogen) atoms. The molecule has 0 fully saturated rings. The largest absolute Gasteiger partial charge is 0.493 e. The molecule has 0 aliphatic carbocycles. The Labute approximate surface area is 179 Å². The van der Waals surface area contributed by atoms with E-state index in [1.54, 1.807) is 23.9 Å². The van der Waals surface area contributed by atoms with Crippen LogP contribution >= 0.6 is 0 Å². The van der Waals surface area contributed by atoms with Crippen molar-refractivity contribution < 1.29 is 14.2 Å². The number of hydrogen-bond acceptors (Lipinski definition) is 8. The molecule has 0 spiro atoms. The van der Waals surface area contributed by atoms with Gasteiger partial charge in [-0.3, -0.25) is 9.36 Å². The first-order valence-electron chi connectivity index (χ1n) is 10.3. The zero-order valence-corrected chi connectivity index (χ0v) is 17.4. The highest BCUT2D eigenvalue weighted by Crippen LogP contribution is 2.40. The highest BCUT2D eigenvalue weighted by atomic mass is 16.6. The Hall–Kier alpha value is -3.62. The predicted molar refractivity (Wildman–Crippen MR) is 114 cm³/mol. The highest BCUT2D eigenvalue weighted by Gasteiger charge is 2.32. The first-order chi connectivity index (χ1) is 15.1. The molecule has 3 aromatic rings. The van der Waals surface area contributed by atoms with Crippen LogP contribution in [0.1, 0.15) is 13.3 Å². The van der Waals surface area contributed by atoms with E-state index in [0.717, 1.165) is 6.42 Å². The van der Waals surface area contributed by atoms with Gasteiger partial charge in [-0.05, 0) is 31.5 Å². The predicted octanol–water partition coefficient (Wildman–Crippen LogP) is 2.15. The summed E-state index contributed by atoms with van der Waals surface area (Å²) in [6.07, 6.45) is 3.72. The van der Waals surface area contributed by atoms with E-state index in [4.69, 9.17) is 19.2 Å². The van der Waals surface area contributed by atoms with Crippen molar-refractivity contribution in [2.75, 3.05) is 25.2 Å². The van der Waals surface area contributed by atoms with Crippen LogP contribution in [0.5, 0.6) is 17.2 Å². The fraction of sp³-hybridized carbons (Fsp3) is 0.364. The van der Waals surface area contributed by atoms with E-state index in [1.165, 1.54) is 12.4 Å². The van der Waals surface area contributed by atoms with E-state index in [9.17, 15) is 4.79 Å². The van der Waals surface area contributed by atoms with E-state index in [2.05, 4.69) is 21.8 Å². The standard InChI is InChI=1S/C22H23N5O4/c1-14-7-9-26-20(28)10-17(16-6-8-23-13-24-16)25-22(26)27(14)11-15-12-30-21-18(29-2)4-3-5-19(21)31-15/h3-6,8,10,13-15H,7,9,11-12H2,1-2H3. The molecule has 160 valence electrons. The molecule has 0 saturated carbocycles. The number of benzene rings is 1. The van der Waals surface area contributed by atoms with Crippen LogP contribution in [0.2, 0.25) is 0 Å². The third-order valence-corrected chi connectivity index (χ3v) is 5.66. The Morgan fingerprint density at radius 3 is 2.97 bits per heavy atom. The minimum absolute atomic E-state index is 0.0913. The van der Waals surface area contributed by atoms with Gasteiger partial charge < -0.3 is 19.1 Å². The first-order valence-corrected chi connectivity index (χ1v) is 10.3. The smallest absolute Gasteiger partial charge is 0.255 e.